The van der Waals surface area contributed by atoms with Gasteiger partial charge in [-0.3, -0.25) is 4.79 Å². The summed E-state index contributed by atoms with van der Waals surface area (Å²) in [6, 6.07) is 9.35. The summed E-state index contributed by atoms with van der Waals surface area (Å²) in [5.74, 6) is 0.624. The molecule has 0 saturated carbocycles. The summed E-state index contributed by atoms with van der Waals surface area (Å²) in [5, 5.41) is 11.1. The molecule has 0 aromatic heterocycles. The van der Waals surface area contributed by atoms with E-state index in [0.29, 0.717) is 24.9 Å². The van der Waals surface area contributed by atoms with Crippen molar-refractivity contribution in [1.82, 2.24) is 4.90 Å². The van der Waals surface area contributed by atoms with Crippen LogP contribution in [-0.4, -0.2) is 42.1 Å². The van der Waals surface area contributed by atoms with E-state index in [4.69, 9.17) is 16.3 Å². The van der Waals surface area contributed by atoms with Crippen molar-refractivity contribution >= 4 is 34.2 Å². The molecule has 1 amide bonds. The number of alkyl halides is 1. The fraction of sp³-hybridized carbons (Fsp3) is 0.368. The first-order valence-electron chi connectivity index (χ1n) is 8.22. The number of piperidine rings is 1. The van der Waals surface area contributed by atoms with E-state index in [2.05, 4.69) is 0 Å². The minimum Gasteiger partial charge on any atom is -0.497 e. The lowest BCUT2D eigenvalue weighted by Gasteiger charge is -2.30. The fourth-order valence-electron chi connectivity index (χ4n) is 3.46. The molecule has 1 atom stereocenters. The number of carbonyl (C=O) groups is 2. The standard InChI is InChI=1S/C19H20ClNO4/c1-25-14-5-7-15-12(9-14)4-6-16(17(15)10-20)18(22)13-3-2-8-21(11-13)19(23)24/h4-7,9,13H,2-3,8,10-11H2,1H3,(H,23,24)/t13-/m0/s1. The van der Waals surface area contributed by atoms with Gasteiger partial charge in [-0.25, -0.2) is 4.79 Å². The van der Waals surface area contributed by atoms with E-state index in [-0.39, 0.29) is 24.1 Å². The summed E-state index contributed by atoms with van der Waals surface area (Å²) in [4.78, 5) is 25.5. The number of amides is 1. The molecule has 132 valence electrons. The van der Waals surface area contributed by atoms with Crippen LogP contribution in [0.1, 0.15) is 28.8 Å². The third kappa shape index (κ3) is 3.42. The highest BCUT2D eigenvalue weighted by Crippen LogP contribution is 2.30. The van der Waals surface area contributed by atoms with Crippen LogP contribution in [0.5, 0.6) is 5.75 Å². The van der Waals surface area contributed by atoms with Gasteiger partial charge in [-0.2, -0.15) is 0 Å². The summed E-state index contributed by atoms with van der Waals surface area (Å²) >= 11 is 6.16. The molecule has 25 heavy (non-hydrogen) atoms. The Hall–Kier alpha value is -2.27. The number of carboxylic acid groups (broad SMARTS) is 1. The van der Waals surface area contributed by atoms with Crippen molar-refractivity contribution in [2.75, 3.05) is 20.2 Å². The summed E-state index contributed by atoms with van der Waals surface area (Å²) in [5.41, 5.74) is 1.38. The third-order valence-corrected chi connectivity index (χ3v) is 5.07. The van der Waals surface area contributed by atoms with E-state index in [9.17, 15) is 14.7 Å². The summed E-state index contributed by atoms with van der Waals surface area (Å²) in [6.07, 6.45) is 0.426. The lowest BCUT2D eigenvalue weighted by Crippen LogP contribution is -2.41. The largest absolute Gasteiger partial charge is 0.497 e. The molecular weight excluding hydrogens is 342 g/mol. The Kier molecular flexibility index (Phi) is 5.13. The van der Waals surface area contributed by atoms with Crippen LogP contribution in [0.15, 0.2) is 30.3 Å². The highest BCUT2D eigenvalue weighted by Gasteiger charge is 2.30. The fourth-order valence-corrected chi connectivity index (χ4v) is 3.75. The zero-order valence-electron chi connectivity index (χ0n) is 14.0. The molecule has 3 rings (SSSR count). The molecule has 0 spiro atoms. The monoisotopic (exact) mass is 361 g/mol. The molecule has 2 aromatic carbocycles. The predicted molar refractivity (Wildman–Crippen MR) is 96.7 cm³/mol. The van der Waals surface area contributed by atoms with Crippen LogP contribution in [0.3, 0.4) is 0 Å². The highest BCUT2D eigenvalue weighted by atomic mass is 35.5. The van der Waals surface area contributed by atoms with E-state index >= 15 is 0 Å². The Morgan fingerprint density at radius 3 is 2.80 bits per heavy atom. The molecule has 0 bridgehead atoms. The number of ether oxygens (including phenoxy) is 1. The van der Waals surface area contributed by atoms with Gasteiger partial charge in [-0.15, -0.1) is 11.6 Å². The summed E-state index contributed by atoms with van der Waals surface area (Å²) < 4.78 is 5.24. The van der Waals surface area contributed by atoms with Crippen LogP contribution in [-0.2, 0) is 5.88 Å². The second-order valence-corrected chi connectivity index (χ2v) is 6.51. The average Bonchev–Trinajstić information content (AvgIpc) is 2.65. The van der Waals surface area contributed by atoms with Gasteiger partial charge in [-0.1, -0.05) is 18.2 Å². The SMILES string of the molecule is COc1ccc2c(CCl)c(C(=O)[C@H]3CCCN(C(=O)O)C3)ccc2c1. The van der Waals surface area contributed by atoms with Gasteiger partial charge in [0.1, 0.15) is 5.75 Å². The van der Waals surface area contributed by atoms with Gasteiger partial charge in [0.25, 0.3) is 0 Å². The number of carbonyl (C=O) groups excluding carboxylic acids is 1. The molecule has 1 fully saturated rings. The normalized spacial score (nSPS) is 17.5. The predicted octanol–water partition coefficient (Wildman–Crippen LogP) is 4.16. The van der Waals surface area contributed by atoms with Crippen LogP contribution < -0.4 is 4.74 Å². The van der Waals surface area contributed by atoms with Gasteiger partial charge < -0.3 is 14.7 Å². The molecule has 5 nitrogen and oxygen atoms in total. The number of rotatable bonds is 4. The maximum Gasteiger partial charge on any atom is 0.407 e. The van der Waals surface area contributed by atoms with Crippen molar-refractivity contribution in [3.8, 4) is 5.75 Å². The van der Waals surface area contributed by atoms with Crippen LogP contribution in [0.25, 0.3) is 10.8 Å². The molecule has 0 radical (unpaired) electrons. The Morgan fingerprint density at radius 2 is 2.12 bits per heavy atom. The first kappa shape index (κ1) is 17.5. The Morgan fingerprint density at radius 1 is 1.32 bits per heavy atom. The first-order chi connectivity index (χ1) is 12.0. The van der Waals surface area contributed by atoms with Crippen molar-refractivity contribution in [2.45, 2.75) is 18.7 Å². The number of methoxy groups -OCH3 is 1. The van der Waals surface area contributed by atoms with Gasteiger partial charge in [0.05, 0.1) is 7.11 Å². The lowest BCUT2D eigenvalue weighted by atomic mass is 9.87. The third-order valence-electron chi connectivity index (χ3n) is 4.80. The quantitative estimate of drug-likeness (QED) is 0.656. The topological polar surface area (TPSA) is 66.8 Å². The number of likely N-dealkylation sites (tertiary alicyclic amines) is 1. The van der Waals surface area contributed by atoms with Gasteiger partial charge >= 0.3 is 6.09 Å². The number of hydrogen-bond donors (Lipinski definition) is 1. The van der Waals surface area contributed by atoms with Crippen LogP contribution in [0.2, 0.25) is 0 Å². The zero-order valence-corrected chi connectivity index (χ0v) is 14.8. The average molecular weight is 362 g/mol. The van der Waals surface area contributed by atoms with Crippen molar-refractivity contribution < 1.29 is 19.4 Å². The Labute approximate surface area is 151 Å². The second-order valence-electron chi connectivity index (χ2n) is 6.24. The number of nitrogens with zero attached hydrogens (tertiary/aromatic N) is 1. The summed E-state index contributed by atoms with van der Waals surface area (Å²) in [7, 11) is 1.61. The molecule has 0 unspecified atom stereocenters. The van der Waals surface area contributed by atoms with Crippen LogP contribution >= 0.6 is 11.6 Å². The number of hydrogen-bond acceptors (Lipinski definition) is 3. The maximum atomic E-state index is 13.0. The molecular formula is C19H20ClNO4. The molecule has 0 aliphatic carbocycles. The number of benzene rings is 2. The Bertz CT molecular complexity index is 820. The van der Waals surface area contributed by atoms with Gasteiger partial charge in [-0.05, 0) is 41.3 Å². The molecule has 6 heteroatoms. The first-order valence-corrected chi connectivity index (χ1v) is 8.76. The van der Waals surface area contributed by atoms with Crippen molar-refractivity contribution in [3.05, 3.63) is 41.5 Å². The van der Waals surface area contributed by atoms with Gasteiger partial charge in [0.2, 0.25) is 0 Å². The van der Waals surface area contributed by atoms with E-state index in [1.807, 2.05) is 24.3 Å². The molecule has 1 aliphatic rings. The van der Waals surface area contributed by atoms with E-state index < -0.39 is 6.09 Å². The van der Waals surface area contributed by atoms with E-state index in [1.54, 1.807) is 13.2 Å². The molecule has 1 heterocycles. The van der Waals surface area contributed by atoms with Crippen molar-refractivity contribution in [2.24, 2.45) is 5.92 Å². The summed E-state index contributed by atoms with van der Waals surface area (Å²) in [6.45, 7) is 0.732. The zero-order chi connectivity index (χ0) is 18.0. The van der Waals surface area contributed by atoms with Crippen molar-refractivity contribution in [3.63, 3.8) is 0 Å². The molecule has 1 aliphatic heterocycles. The number of halogens is 1. The second kappa shape index (κ2) is 7.31. The van der Waals surface area contributed by atoms with E-state index in [1.165, 1.54) is 4.90 Å². The lowest BCUT2D eigenvalue weighted by molar-refractivity contribution is 0.0806. The maximum absolute atomic E-state index is 13.0. The van der Waals surface area contributed by atoms with Gasteiger partial charge in [0.15, 0.2) is 5.78 Å². The minimum atomic E-state index is -0.972. The van der Waals surface area contributed by atoms with E-state index in [0.717, 1.165) is 22.1 Å². The molecule has 1 N–H and O–H groups in total. The molecule has 2 aromatic rings. The smallest absolute Gasteiger partial charge is 0.407 e. The minimum absolute atomic E-state index is 0.0284. The number of Topliss-reactive ketones (excluding diaryl/α,β-unsaturated/α-hetero) is 1. The Balaban J connectivity index is 1.97. The number of fused-ring (bicyclic) bond motifs is 1. The molecule has 1 saturated heterocycles. The highest BCUT2D eigenvalue weighted by molar-refractivity contribution is 6.19. The van der Waals surface area contributed by atoms with Gasteiger partial charge in [0, 0.05) is 30.5 Å². The van der Waals surface area contributed by atoms with Crippen LogP contribution in [0.4, 0.5) is 4.79 Å². The number of ketones is 1. The van der Waals surface area contributed by atoms with Crippen LogP contribution in [0, 0.1) is 5.92 Å². The van der Waals surface area contributed by atoms with Crippen molar-refractivity contribution in [1.29, 1.82) is 0 Å².